The zero-order chi connectivity index (χ0) is 6.95. The summed E-state index contributed by atoms with van der Waals surface area (Å²) < 4.78 is 0. The molecule has 0 N–H and O–H groups in total. The van der Waals surface area contributed by atoms with Crippen molar-refractivity contribution in [3.63, 3.8) is 0 Å². The van der Waals surface area contributed by atoms with Gasteiger partial charge in [-0.05, 0) is 0 Å². The van der Waals surface area contributed by atoms with Crippen LogP contribution in [0.3, 0.4) is 0 Å². The molecule has 1 heteroatoms. The summed E-state index contributed by atoms with van der Waals surface area (Å²) in [5, 5.41) is 0. The van der Waals surface area contributed by atoms with Crippen molar-refractivity contribution in [2.24, 2.45) is 0 Å². The van der Waals surface area contributed by atoms with E-state index in [0.717, 1.165) is 6.42 Å². The standard InChI is InChI=1S/C5H5.C4H9.CH3.Mn/c1-2-4-5-3-1;1-3-4-2;;/h1-5H;1,3-4H2,2H3;1H3;/q3*-1;+3. The van der Waals surface area contributed by atoms with Crippen LogP contribution in [0.15, 0.2) is 30.3 Å². The van der Waals surface area contributed by atoms with E-state index in [1.165, 1.54) is 6.42 Å². The number of hydrogen-bond donors (Lipinski definition) is 0. The van der Waals surface area contributed by atoms with Crippen LogP contribution in [0.4, 0.5) is 0 Å². The molecule has 0 saturated carbocycles. The molecule has 0 bridgehead atoms. The van der Waals surface area contributed by atoms with E-state index in [2.05, 4.69) is 13.8 Å². The Kier molecular flexibility index (Phi) is 25.6. The minimum absolute atomic E-state index is 0. The first-order valence-electron chi connectivity index (χ1n) is 3.37. The first kappa shape index (κ1) is 17.1. The average Bonchev–Trinajstić information content (AvgIpc) is 2.43. The SMILES string of the molecule is [CH2-]CCC.[CH3-].[Mn+3].c1cc[cH-]c1. The van der Waals surface area contributed by atoms with E-state index in [-0.39, 0.29) is 24.5 Å². The maximum absolute atomic E-state index is 3.60. The summed E-state index contributed by atoms with van der Waals surface area (Å²) in [5.41, 5.74) is 0. The van der Waals surface area contributed by atoms with Gasteiger partial charge in [0.25, 0.3) is 0 Å². The van der Waals surface area contributed by atoms with Crippen molar-refractivity contribution >= 4 is 0 Å². The molecule has 1 rings (SSSR count). The fraction of sp³-hybridized carbons (Fsp3) is 0.300. The third-order valence-corrected chi connectivity index (χ3v) is 0.909. The van der Waals surface area contributed by atoms with Gasteiger partial charge in [0.2, 0.25) is 0 Å². The van der Waals surface area contributed by atoms with Gasteiger partial charge < -0.3 is 14.4 Å². The molecule has 0 radical (unpaired) electrons. The van der Waals surface area contributed by atoms with Gasteiger partial charge in [-0.1, -0.05) is 13.3 Å². The Labute approximate surface area is 81.9 Å². The van der Waals surface area contributed by atoms with Crippen LogP contribution in [0.1, 0.15) is 19.8 Å². The quantitative estimate of drug-likeness (QED) is 0.472. The normalized spacial score (nSPS) is 6.36. The van der Waals surface area contributed by atoms with Gasteiger partial charge in [0.15, 0.2) is 0 Å². The van der Waals surface area contributed by atoms with Crippen molar-refractivity contribution in [2.75, 3.05) is 0 Å². The third kappa shape index (κ3) is 17.7. The molecule has 0 aliphatic carbocycles. The van der Waals surface area contributed by atoms with E-state index in [1.54, 1.807) is 0 Å². The molecule has 0 fully saturated rings. The zero-order valence-corrected chi connectivity index (χ0v) is 8.57. The predicted molar refractivity (Wildman–Crippen MR) is 48.7 cm³/mol. The van der Waals surface area contributed by atoms with E-state index < -0.39 is 0 Å². The van der Waals surface area contributed by atoms with Gasteiger partial charge >= 0.3 is 17.1 Å². The van der Waals surface area contributed by atoms with Gasteiger partial charge in [0, 0.05) is 0 Å². The number of rotatable bonds is 1. The van der Waals surface area contributed by atoms with Crippen molar-refractivity contribution in [3.05, 3.63) is 44.7 Å². The smallest absolute Gasteiger partial charge is 0.358 e. The number of hydrogen-bond acceptors (Lipinski definition) is 0. The molecule has 0 spiro atoms. The minimum atomic E-state index is 0. The number of unbranched alkanes of at least 4 members (excludes halogenated alkanes) is 1. The molecule has 0 amide bonds. The van der Waals surface area contributed by atoms with Crippen LogP contribution in [-0.4, -0.2) is 0 Å². The van der Waals surface area contributed by atoms with Crippen LogP contribution < -0.4 is 0 Å². The van der Waals surface area contributed by atoms with Gasteiger partial charge in [0.1, 0.15) is 0 Å². The molecule has 0 saturated heterocycles. The van der Waals surface area contributed by atoms with E-state index >= 15 is 0 Å². The summed E-state index contributed by atoms with van der Waals surface area (Å²) in [5.74, 6) is 0. The van der Waals surface area contributed by atoms with Crippen molar-refractivity contribution in [2.45, 2.75) is 19.8 Å². The summed E-state index contributed by atoms with van der Waals surface area (Å²) in [6.07, 6.45) is 2.28. The Morgan fingerprint density at radius 2 is 1.64 bits per heavy atom. The van der Waals surface area contributed by atoms with Crippen molar-refractivity contribution in [1.29, 1.82) is 0 Å². The zero-order valence-electron chi connectivity index (χ0n) is 7.39. The molecule has 0 atom stereocenters. The molecule has 0 heterocycles. The van der Waals surface area contributed by atoms with Gasteiger partial charge in [-0.15, -0.1) is 0 Å². The molecule has 0 aliphatic rings. The topological polar surface area (TPSA) is 0 Å². The van der Waals surface area contributed by atoms with Crippen molar-refractivity contribution in [1.82, 2.24) is 0 Å². The monoisotopic (exact) mass is 192 g/mol. The van der Waals surface area contributed by atoms with E-state index in [0.29, 0.717) is 0 Å². The van der Waals surface area contributed by atoms with Gasteiger partial charge in [0.05, 0.1) is 0 Å². The van der Waals surface area contributed by atoms with Gasteiger partial charge in [-0.2, -0.15) is 24.6 Å². The molecule has 0 aromatic heterocycles. The van der Waals surface area contributed by atoms with Crippen LogP contribution in [0.2, 0.25) is 0 Å². The molecule has 64 valence electrons. The first-order chi connectivity index (χ1) is 4.41. The molecular formula is C10H17Mn. The molecule has 1 aromatic rings. The van der Waals surface area contributed by atoms with Crippen molar-refractivity contribution < 1.29 is 17.1 Å². The molecule has 0 nitrogen and oxygen atoms in total. The molecule has 0 aliphatic heterocycles. The van der Waals surface area contributed by atoms with E-state index in [1.807, 2.05) is 30.3 Å². The maximum Gasteiger partial charge on any atom is 3.00 e. The minimum Gasteiger partial charge on any atom is -0.358 e. The summed E-state index contributed by atoms with van der Waals surface area (Å²) in [6.45, 7) is 5.72. The second kappa shape index (κ2) is 16.5. The molecule has 0 unspecified atom stereocenters. The second-order valence-electron chi connectivity index (χ2n) is 1.82. The summed E-state index contributed by atoms with van der Waals surface area (Å²) >= 11 is 0. The van der Waals surface area contributed by atoms with Crippen LogP contribution in [0.25, 0.3) is 0 Å². The van der Waals surface area contributed by atoms with Gasteiger partial charge in [-0.3, -0.25) is 0 Å². The Morgan fingerprint density at radius 3 is 1.73 bits per heavy atom. The Morgan fingerprint density at radius 1 is 1.27 bits per heavy atom. The maximum atomic E-state index is 3.60. The fourth-order valence-electron chi connectivity index (χ4n) is 0.321. The third-order valence-electron chi connectivity index (χ3n) is 0.909. The largest absolute Gasteiger partial charge is 3.00 e. The van der Waals surface area contributed by atoms with Crippen LogP contribution >= 0.6 is 0 Å². The van der Waals surface area contributed by atoms with E-state index in [9.17, 15) is 0 Å². The van der Waals surface area contributed by atoms with Crippen LogP contribution in [-0.2, 0) is 17.1 Å². The van der Waals surface area contributed by atoms with Gasteiger partial charge in [-0.25, -0.2) is 12.1 Å². The summed E-state index contributed by atoms with van der Waals surface area (Å²) in [4.78, 5) is 0. The molecule has 1 aromatic carbocycles. The Balaban J connectivity index is -0.000000101. The van der Waals surface area contributed by atoms with E-state index in [4.69, 9.17) is 0 Å². The van der Waals surface area contributed by atoms with Crippen LogP contribution in [0.5, 0.6) is 0 Å². The summed E-state index contributed by atoms with van der Waals surface area (Å²) in [7, 11) is 0. The predicted octanol–water partition coefficient (Wildman–Crippen LogP) is 3.47. The Hall–Kier alpha value is -0.131. The molecular weight excluding hydrogens is 175 g/mol. The first-order valence-corrected chi connectivity index (χ1v) is 3.37. The average molecular weight is 192 g/mol. The fourth-order valence-corrected chi connectivity index (χ4v) is 0.321. The Bertz CT molecular complexity index is 80.4. The summed E-state index contributed by atoms with van der Waals surface area (Å²) in [6, 6.07) is 10.0. The van der Waals surface area contributed by atoms with Crippen LogP contribution in [0, 0.1) is 14.4 Å². The van der Waals surface area contributed by atoms with Crippen molar-refractivity contribution in [3.8, 4) is 0 Å². The molecule has 11 heavy (non-hydrogen) atoms. The second-order valence-corrected chi connectivity index (χ2v) is 1.82.